The highest BCUT2D eigenvalue weighted by Crippen LogP contribution is 2.50. The number of aromatic nitrogens is 1. The number of carbonyl (C=O) groups is 1. The largest absolute Gasteiger partial charge is 0.490 e. The van der Waals surface area contributed by atoms with Crippen LogP contribution in [0.25, 0.3) is 11.1 Å². The molecule has 0 radical (unpaired) electrons. The van der Waals surface area contributed by atoms with Crippen molar-refractivity contribution < 1.29 is 14.6 Å². The second kappa shape index (κ2) is 10.6. The second-order valence-corrected chi connectivity index (χ2v) is 10.5. The van der Waals surface area contributed by atoms with Crippen LogP contribution in [0.4, 0.5) is 0 Å². The molecular formula is C30H33ClN2O3. The van der Waals surface area contributed by atoms with E-state index in [0.717, 1.165) is 72.1 Å². The fourth-order valence-corrected chi connectivity index (χ4v) is 5.07. The van der Waals surface area contributed by atoms with Crippen molar-refractivity contribution >= 4 is 17.6 Å². The molecule has 3 aromatic rings. The van der Waals surface area contributed by atoms with Crippen molar-refractivity contribution in [3.05, 3.63) is 82.6 Å². The first kappa shape index (κ1) is 24.8. The summed E-state index contributed by atoms with van der Waals surface area (Å²) in [6, 6.07) is 16.0. The number of carboxylic acids is 1. The van der Waals surface area contributed by atoms with Crippen molar-refractivity contribution in [2.45, 2.75) is 76.0 Å². The average Bonchev–Trinajstić information content (AvgIpc) is 3.82. The van der Waals surface area contributed by atoms with Crippen molar-refractivity contribution in [1.29, 1.82) is 0 Å². The van der Waals surface area contributed by atoms with Crippen molar-refractivity contribution in [3.63, 3.8) is 0 Å². The van der Waals surface area contributed by atoms with E-state index >= 15 is 0 Å². The molecule has 36 heavy (non-hydrogen) atoms. The SMILES string of the molecule is CCCCC(C(=O)O)c1ccc(Cl)c(CNC2(c3cnccc3-c3ccccc3OC3CC3)CC2)c1. The smallest absolute Gasteiger partial charge is 0.310 e. The molecule has 2 aliphatic rings. The third-order valence-electron chi connectivity index (χ3n) is 7.32. The zero-order chi connectivity index (χ0) is 25.1. The summed E-state index contributed by atoms with van der Waals surface area (Å²) in [6.07, 6.45) is 10.8. The lowest BCUT2D eigenvalue weighted by molar-refractivity contribution is -0.139. The third-order valence-corrected chi connectivity index (χ3v) is 7.68. The molecule has 0 bridgehead atoms. The van der Waals surface area contributed by atoms with E-state index in [9.17, 15) is 9.90 Å². The Bertz CT molecular complexity index is 1240. The van der Waals surface area contributed by atoms with E-state index in [0.29, 0.717) is 24.1 Å². The van der Waals surface area contributed by atoms with Crippen LogP contribution in [0.1, 0.15) is 74.5 Å². The highest BCUT2D eigenvalue weighted by Gasteiger charge is 2.46. The number of nitrogens with zero attached hydrogens (tertiary/aromatic N) is 1. The number of pyridine rings is 1. The van der Waals surface area contributed by atoms with E-state index < -0.39 is 11.9 Å². The Morgan fingerprint density at radius 1 is 1.19 bits per heavy atom. The molecule has 2 N–H and O–H groups in total. The van der Waals surface area contributed by atoms with Gasteiger partial charge in [-0.15, -0.1) is 0 Å². The minimum atomic E-state index is -0.782. The number of rotatable bonds is 12. The van der Waals surface area contributed by atoms with Crippen LogP contribution in [0.15, 0.2) is 60.9 Å². The summed E-state index contributed by atoms with van der Waals surface area (Å²) in [5.74, 6) is -0.370. The zero-order valence-electron chi connectivity index (χ0n) is 20.7. The van der Waals surface area contributed by atoms with Gasteiger partial charge in [-0.05, 0) is 72.6 Å². The number of hydrogen-bond acceptors (Lipinski definition) is 4. The number of hydrogen-bond donors (Lipinski definition) is 2. The average molecular weight is 505 g/mol. The summed E-state index contributed by atoms with van der Waals surface area (Å²) in [4.78, 5) is 16.4. The predicted octanol–water partition coefficient (Wildman–Crippen LogP) is 7.08. The predicted molar refractivity (Wildman–Crippen MR) is 142 cm³/mol. The Morgan fingerprint density at radius 3 is 2.72 bits per heavy atom. The maximum absolute atomic E-state index is 11.9. The van der Waals surface area contributed by atoms with Crippen LogP contribution in [0.3, 0.4) is 0 Å². The molecule has 1 atom stereocenters. The van der Waals surface area contributed by atoms with Crippen LogP contribution >= 0.6 is 11.6 Å². The van der Waals surface area contributed by atoms with E-state index in [-0.39, 0.29) is 5.54 Å². The summed E-state index contributed by atoms with van der Waals surface area (Å²) in [7, 11) is 0. The Balaban J connectivity index is 1.39. The van der Waals surface area contributed by atoms with Gasteiger partial charge in [-0.2, -0.15) is 0 Å². The van der Waals surface area contributed by atoms with E-state index in [1.807, 2.05) is 42.7 Å². The lowest BCUT2D eigenvalue weighted by atomic mass is 9.92. The van der Waals surface area contributed by atoms with Gasteiger partial charge < -0.3 is 15.2 Å². The number of para-hydroxylation sites is 1. The molecular weight excluding hydrogens is 472 g/mol. The summed E-state index contributed by atoms with van der Waals surface area (Å²) in [6.45, 7) is 2.63. The first-order chi connectivity index (χ1) is 17.5. The van der Waals surface area contributed by atoms with Gasteiger partial charge in [0.25, 0.3) is 0 Å². The monoisotopic (exact) mass is 504 g/mol. The molecule has 6 heteroatoms. The molecule has 0 saturated heterocycles. The molecule has 2 aromatic carbocycles. The fourth-order valence-electron chi connectivity index (χ4n) is 4.89. The fraction of sp³-hybridized carbons (Fsp3) is 0.400. The minimum absolute atomic E-state index is 0.190. The number of aliphatic carboxylic acids is 1. The van der Waals surface area contributed by atoms with Crippen LogP contribution in [-0.2, 0) is 16.9 Å². The van der Waals surface area contributed by atoms with Gasteiger partial charge in [0.1, 0.15) is 5.75 Å². The summed E-state index contributed by atoms with van der Waals surface area (Å²) in [5.41, 5.74) is 4.94. The highest BCUT2D eigenvalue weighted by molar-refractivity contribution is 6.31. The van der Waals surface area contributed by atoms with Gasteiger partial charge in [0.2, 0.25) is 0 Å². The molecule has 188 valence electrons. The summed E-state index contributed by atoms with van der Waals surface area (Å²) in [5, 5.41) is 14.2. The summed E-state index contributed by atoms with van der Waals surface area (Å²) >= 11 is 6.57. The van der Waals surface area contributed by atoms with Crippen LogP contribution in [0.2, 0.25) is 5.02 Å². The van der Waals surface area contributed by atoms with Crippen molar-refractivity contribution in [1.82, 2.24) is 10.3 Å². The topological polar surface area (TPSA) is 71.5 Å². The van der Waals surface area contributed by atoms with Gasteiger partial charge in [-0.25, -0.2) is 0 Å². The molecule has 2 aliphatic carbocycles. The van der Waals surface area contributed by atoms with Gasteiger partial charge in [-0.1, -0.05) is 61.7 Å². The Labute approximate surface area is 217 Å². The Morgan fingerprint density at radius 2 is 2.00 bits per heavy atom. The lowest BCUT2D eigenvalue weighted by Gasteiger charge is -2.23. The number of nitrogens with one attached hydrogen (secondary N) is 1. The standard InChI is InChI=1S/C30H33ClN2O3/c1-2-3-6-23(29(34)35)20-9-12-27(31)21(17-20)18-33-30(14-15-30)26-19-32-16-13-24(26)25-7-4-5-8-28(25)36-22-10-11-22/h4-5,7-9,12-13,16-17,19,22-23,33H,2-3,6,10-11,14-15,18H2,1H3,(H,34,35). The van der Waals surface area contributed by atoms with Gasteiger partial charge >= 0.3 is 5.97 Å². The first-order valence-electron chi connectivity index (χ1n) is 13.0. The number of carboxylic acid groups (broad SMARTS) is 1. The molecule has 1 unspecified atom stereocenters. The molecule has 5 nitrogen and oxygen atoms in total. The van der Waals surface area contributed by atoms with Crippen LogP contribution in [0, 0.1) is 0 Å². The molecule has 0 amide bonds. The lowest BCUT2D eigenvalue weighted by Crippen LogP contribution is -2.29. The number of halogens is 1. The maximum atomic E-state index is 11.9. The van der Waals surface area contributed by atoms with E-state index in [1.165, 1.54) is 0 Å². The van der Waals surface area contributed by atoms with Gasteiger partial charge in [0, 0.05) is 35.1 Å². The molecule has 0 spiro atoms. The molecule has 2 saturated carbocycles. The molecule has 1 aromatic heterocycles. The maximum Gasteiger partial charge on any atom is 0.310 e. The van der Waals surface area contributed by atoms with Gasteiger partial charge in [0.15, 0.2) is 0 Å². The van der Waals surface area contributed by atoms with Gasteiger partial charge in [-0.3, -0.25) is 9.78 Å². The normalized spacial score (nSPS) is 16.9. The highest BCUT2D eigenvalue weighted by atomic mass is 35.5. The minimum Gasteiger partial charge on any atom is -0.490 e. The zero-order valence-corrected chi connectivity index (χ0v) is 21.4. The quantitative estimate of drug-likeness (QED) is 0.276. The number of ether oxygens (including phenoxy) is 1. The van der Waals surface area contributed by atoms with E-state index in [4.69, 9.17) is 16.3 Å². The molecule has 2 fully saturated rings. The van der Waals surface area contributed by atoms with Crippen molar-refractivity contribution in [2.75, 3.05) is 0 Å². The van der Waals surface area contributed by atoms with E-state index in [2.05, 4.69) is 35.4 Å². The van der Waals surface area contributed by atoms with Crippen molar-refractivity contribution in [3.8, 4) is 16.9 Å². The third kappa shape index (κ3) is 5.42. The second-order valence-electron chi connectivity index (χ2n) is 10.1. The van der Waals surface area contributed by atoms with Gasteiger partial charge in [0.05, 0.1) is 12.0 Å². The summed E-state index contributed by atoms with van der Waals surface area (Å²) < 4.78 is 6.22. The number of unbranched alkanes of at least 4 members (excludes halogenated alkanes) is 1. The first-order valence-corrected chi connectivity index (χ1v) is 13.4. The van der Waals surface area contributed by atoms with Crippen molar-refractivity contribution in [2.24, 2.45) is 0 Å². The Hall–Kier alpha value is -2.89. The van der Waals surface area contributed by atoms with Crippen LogP contribution in [0.5, 0.6) is 5.75 Å². The van der Waals surface area contributed by atoms with Crippen LogP contribution in [-0.4, -0.2) is 22.2 Å². The molecule has 1 heterocycles. The number of benzene rings is 2. The Kier molecular flexibility index (Phi) is 7.31. The van der Waals surface area contributed by atoms with Crippen LogP contribution < -0.4 is 10.1 Å². The van der Waals surface area contributed by atoms with E-state index in [1.54, 1.807) is 0 Å². The molecule has 5 rings (SSSR count). The molecule has 0 aliphatic heterocycles.